The first-order chi connectivity index (χ1) is 9.11. The number of aliphatic carboxylic acids is 1. The number of ether oxygens (including phenoxy) is 1. The summed E-state index contributed by atoms with van der Waals surface area (Å²) in [5, 5.41) is 9.01. The lowest BCUT2D eigenvalue weighted by Crippen LogP contribution is -2.42. The number of hydrogen-bond acceptors (Lipinski definition) is 4. The second kappa shape index (κ2) is 5.69. The van der Waals surface area contributed by atoms with E-state index in [0.29, 0.717) is 30.8 Å². The number of amides is 1. The summed E-state index contributed by atoms with van der Waals surface area (Å²) < 4.78 is 4.93. The molecule has 2 heterocycles. The SMILES string of the molecule is COc1ccc(C(=O)N2CCCC(C(=O)O)C2)cn1. The summed E-state index contributed by atoms with van der Waals surface area (Å²) >= 11 is 0. The molecular formula is C13H16N2O4. The van der Waals surface area contributed by atoms with E-state index in [0.717, 1.165) is 0 Å². The molecule has 1 aromatic heterocycles. The van der Waals surface area contributed by atoms with Gasteiger partial charge in [0.1, 0.15) is 0 Å². The zero-order valence-corrected chi connectivity index (χ0v) is 10.7. The maximum atomic E-state index is 12.2. The minimum Gasteiger partial charge on any atom is -0.481 e. The fourth-order valence-corrected chi connectivity index (χ4v) is 2.17. The number of nitrogens with zero attached hydrogens (tertiary/aromatic N) is 2. The van der Waals surface area contributed by atoms with E-state index in [9.17, 15) is 9.59 Å². The van der Waals surface area contributed by atoms with E-state index < -0.39 is 11.9 Å². The Morgan fingerprint density at radius 1 is 1.47 bits per heavy atom. The van der Waals surface area contributed by atoms with Gasteiger partial charge in [-0.1, -0.05) is 0 Å². The summed E-state index contributed by atoms with van der Waals surface area (Å²) in [6.07, 6.45) is 2.79. The largest absolute Gasteiger partial charge is 0.481 e. The van der Waals surface area contributed by atoms with Crippen molar-refractivity contribution in [2.75, 3.05) is 20.2 Å². The number of aromatic nitrogens is 1. The average Bonchev–Trinajstić information content (AvgIpc) is 2.46. The lowest BCUT2D eigenvalue weighted by molar-refractivity contribution is -0.143. The van der Waals surface area contributed by atoms with Crippen molar-refractivity contribution in [3.63, 3.8) is 0 Å². The molecule has 1 aromatic rings. The standard InChI is InChI=1S/C13H16N2O4/c1-19-11-5-4-9(7-14-11)12(16)15-6-2-3-10(8-15)13(17)18/h4-5,7,10H,2-3,6,8H2,1H3,(H,17,18). The number of carbonyl (C=O) groups excluding carboxylic acids is 1. The van der Waals surface area contributed by atoms with Crippen LogP contribution in [0.15, 0.2) is 18.3 Å². The normalized spacial score (nSPS) is 19.0. The second-order valence-electron chi connectivity index (χ2n) is 4.52. The van der Waals surface area contributed by atoms with E-state index in [-0.39, 0.29) is 12.5 Å². The third-order valence-corrected chi connectivity index (χ3v) is 3.25. The number of carboxylic acids is 1. The van der Waals surface area contributed by atoms with Gasteiger partial charge in [-0.3, -0.25) is 9.59 Å². The van der Waals surface area contributed by atoms with Gasteiger partial charge in [0.2, 0.25) is 5.88 Å². The highest BCUT2D eigenvalue weighted by atomic mass is 16.5. The molecular weight excluding hydrogens is 248 g/mol. The van der Waals surface area contributed by atoms with Crippen LogP contribution in [0.5, 0.6) is 5.88 Å². The van der Waals surface area contributed by atoms with Gasteiger partial charge in [0.05, 0.1) is 18.6 Å². The van der Waals surface area contributed by atoms with Gasteiger partial charge >= 0.3 is 5.97 Å². The number of carbonyl (C=O) groups is 2. The van der Waals surface area contributed by atoms with E-state index in [4.69, 9.17) is 9.84 Å². The Labute approximate surface area is 111 Å². The predicted octanol–water partition coefficient (Wildman–Crippen LogP) is 1.03. The summed E-state index contributed by atoms with van der Waals surface area (Å²) in [7, 11) is 1.51. The zero-order chi connectivity index (χ0) is 13.8. The quantitative estimate of drug-likeness (QED) is 0.882. The number of piperidine rings is 1. The molecule has 1 aliphatic heterocycles. The van der Waals surface area contributed by atoms with Crippen LogP contribution in [0.25, 0.3) is 0 Å². The molecule has 1 amide bonds. The Bertz CT molecular complexity index is 472. The van der Waals surface area contributed by atoms with Crippen LogP contribution in [-0.4, -0.2) is 47.1 Å². The molecule has 6 nitrogen and oxygen atoms in total. The molecule has 1 fully saturated rings. The molecule has 2 rings (SSSR count). The van der Waals surface area contributed by atoms with Crippen LogP contribution in [0.4, 0.5) is 0 Å². The molecule has 1 N–H and O–H groups in total. The Morgan fingerprint density at radius 3 is 2.84 bits per heavy atom. The van der Waals surface area contributed by atoms with Crippen molar-refractivity contribution in [3.05, 3.63) is 23.9 Å². The third kappa shape index (κ3) is 3.01. The molecule has 6 heteroatoms. The van der Waals surface area contributed by atoms with E-state index >= 15 is 0 Å². The first-order valence-corrected chi connectivity index (χ1v) is 6.14. The van der Waals surface area contributed by atoms with Crippen LogP contribution >= 0.6 is 0 Å². The van der Waals surface area contributed by atoms with Crippen molar-refractivity contribution in [2.24, 2.45) is 5.92 Å². The van der Waals surface area contributed by atoms with Crippen LogP contribution in [0.3, 0.4) is 0 Å². The maximum Gasteiger partial charge on any atom is 0.308 e. The Balaban J connectivity index is 2.07. The Kier molecular flexibility index (Phi) is 3.99. The van der Waals surface area contributed by atoms with Crippen LogP contribution in [0.2, 0.25) is 0 Å². The zero-order valence-electron chi connectivity index (χ0n) is 10.7. The fraction of sp³-hybridized carbons (Fsp3) is 0.462. The van der Waals surface area contributed by atoms with Crippen molar-refractivity contribution in [2.45, 2.75) is 12.8 Å². The molecule has 0 bridgehead atoms. The number of rotatable bonds is 3. The van der Waals surface area contributed by atoms with Crippen molar-refractivity contribution in [1.29, 1.82) is 0 Å². The summed E-state index contributed by atoms with van der Waals surface area (Å²) in [4.78, 5) is 28.8. The molecule has 1 aliphatic rings. The number of carboxylic acid groups (broad SMARTS) is 1. The van der Waals surface area contributed by atoms with Crippen molar-refractivity contribution < 1.29 is 19.4 Å². The van der Waals surface area contributed by atoms with Gasteiger partial charge in [0.15, 0.2) is 0 Å². The number of hydrogen-bond donors (Lipinski definition) is 1. The molecule has 0 saturated carbocycles. The van der Waals surface area contributed by atoms with Gasteiger partial charge in [-0.2, -0.15) is 0 Å². The van der Waals surface area contributed by atoms with Crippen molar-refractivity contribution in [1.82, 2.24) is 9.88 Å². The highest BCUT2D eigenvalue weighted by molar-refractivity contribution is 5.94. The summed E-state index contributed by atoms with van der Waals surface area (Å²) in [6.45, 7) is 0.856. The van der Waals surface area contributed by atoms with Crippen LogP contribution in [0, 0.1) is 5.92 Å². The molecule has 0 spiro atoms. The van der Waals surface area contributed by atoms with Crippen LogP contribution in [0.1, 0.15) is 23.2 Å². The highest BCUT2D eigenvalue weighted by Gasteiger charge is 2.28. The van der Waals surface area contributed by atoms with Crippen molar-refractivity contribution in [3.8, 4) is 5.88 Å². The number of pyridine rings is 1. The number of methoxy groups -OCH3 is 1. The summed E-state index contributed by atoms with van der Waals surface area (Å²) in [6, 6.07) is 3.25. The molecule has 0 aromatic carbocycles. The predicted molar refractivity (Wildman–Crippen MR) is 67.1 cm³/mol. The summed E-state index contributed by atoms with van der Waals surface area (Å²) in [5.41, 5.74) is 0.451. The van der Waals surface area contributed by atoms with Crippen molar-refractivity contribution >= 4 is 11.9 Å². The van der Waals surface area contributed by atoms with Gasteiger partial charge in [-0.15, -0.1) is 0 Å². The highest BCUT2D eigenvalue weighted by Crippen LogP contribution is 2.19. The van der Waals surface area contributed by atoms with Gasteiger partial charge in [-0.05, 0) is 18.9 Å². The second-order valence-corrected chi connectivity index (χ2v) is 4.52. The molecule has 0 radical (unpaired) electrons. The maximum absolute atomic E-state index is 12.2. The minimum absolute atomic E-state index is 0.180. The molecule has 1 atom stereocenters. The van der Waals surface area contributed by atoms with Crippen LogP contribution < -0.4 is 4.74 Å². The Morgan fingerprint density at radius 2 is 2.26 bits per heavy atom. The third-order valence-electron chi connectivity index (χ3n) is 3.25. The van der Waals surface area contributed by atoms with E-state index in [2.05, 4.69) is 4.98 Å². The monoisotopic (exact) mass is 264 g/mol. The molecule has 1 unspecified atom stereocenters. The lowest BCUT2D eigenvalue weighted by Gasteiger charge is -2.30. The van der Waals surface area contributed by atoms with Gasteiger partial charge in [0.25, 0.3) is 5.91 Å². The molecule has 1 saturated heterocycles. The minimum atomic E-state index is -0.842. The fourth-order valence-electron chi connectivity index (χ4n) is 2.17. The lowest BCUT2D eigenvalue weighted by atomic mass is 9.98. The van der Waals surface area contributed by atoms with Crippen LogP contribution in [-0.2, 0) is 4.79 Å². The molecule has 102 valence electrons. The molecule has 0 aliphatic carbocycles. The average molecular weight is 264 g/mol. The van der Waals surface area contributed by atoms with Gasteiger partial charge in [-0.25, -0.2) is 4.98 Å². The number of likely N-dealkylation sites (tertiary alicyclic amines) is 1. The topological polar surface area (TPSA) is 79.7 Å². The van der Waals surface area contributed by atoms with E-state index in [1.54, 1.807) is 17.0 Å². The summed E-state index contributed by atoms with van der Waals surface area (Å²) in [5.74, 6) is -1.05. The Hall–Kier alpha value is -2.11. The first-order valence-electron chi connectivity index (χ1n) is 6.14. The van der Waals surface area contributed by atoms with E-state index in [1.807, 2.05) is 0 Å². The van der Waals surface area contributed by atoms with Gasteiger partial charge in [0, 0.05) is 25.4 Å². The first kappa shape index (κ1) is 13.3. The van der Waals surface area contributed by atoms with Gasteiger partial charge < -0.3 is 14.7 Å². The van der Waals surface area contributed by atoms with E-state index in [1.165, 1.54) is 13.3 Å². The molecule has 19 heavy (non-hydrogen) atoms. The smallest absolute Gasteiger partial charge is 0.308 e.